The lowest BCUT2D eigenvalue weighted by atomic mass is 9.94. The Labute approximate surface area is 285 Å². The summed E-state index contributed by atoms with van der Waals surface area (Å²) in [6.07, 6.45) is -4.51. The van der Waals surface area contributed by atoms with E-state index in [4.69, 9.17) is 10.5 Å². The first-order valence-corrected chi connectivity index (χ1v) is 16.8. The summed E-state index contributed by atoms with van der Waals surface area (Å²) < 4.78 is 111. The molecule has 3 fully saturated rings. The molecule has 50 heavy (non-hydrogen) atoms. The van der Waals surface area contributed by atoms with Gasteiger partial charge in [-0.2, -0.15) is 23.1 Å². The van der Waals surface area contributed by atoms with Gasteiger partial charge in [-0.25, -0.2) is 22.5 Å². The van der Waals surface area contributed by atoms with Gasteiger partial charge in [0.25, 0.3) is 5.91 Å². The lowest BCUT2D eigenvalue weighted by molar-refractivity contribution is -0.137. The van der Waals surface area contributed by atoms with Crippen molar-refractivity contribution < 1.29 is 40.3 Å². The number of carbonyl (C=O) groups excluding carboxylic acids is 1. The van der Waals surface area contributed by atoms with Crippen LogP contribution in [0.25, 0.3) is 32.2 Å². The topological polar surface area (TPSA) is 101 Å². The lowest BCUT2D eigenvalue weighted by Gasteiger charge is -2.44. The van der Waals surface area contributed by atoms with Gasteiger partial charge in [-0.3, -0.25) is 9.69 Å². The fourth-order valence-electron chi connectivity index (χ4n) is 7.66. The zero-order chi connectivity index (χ0) is 35.9. The Morgan fingerprint density at radius 1 is 1.12 bits per heavy atom. The first-order valence-electron chi connectivity index (χ1n) is 16.0. The van der Waals surface area contributed by atoms with Crippen LogP contribution in [-0.4, -0.2) is 87.2 Å². The molecule has 0 spiro atoms. The van der Waals surface area contributed by atoms with Crippen molar-refractivity contribution in [2.24, 2.45) is 0 Å². The van der Waals surface area contributed by atoms with E-state index in [-0.39, 0.29) is 70.8 Å². The molecule has 9 nitrogen and oxygen atoms in total. The van der Waals surface area contributed by atoms with Crippen LogP contribution in [0.4, 0.5) is 41.7 Å². The predicted molar refractivity (Wildman–Crippen MR) is 174 cm³/mol. The maximum atomic E-state index is 17.0. The molecule has 7 rings (SSSR count). The van der Waals surface area contributed by atoms with E-state index in [1.807, 2.05) is 4.90 Å². The molecular formula is C33H32F7N7O2S. The third kappa shape index (κ3) is 5.67. The number of nitrogens with zero attached hydrogens (tertiary/aromatic N) is 6. The highest BCUT2D eigenvalue weighted by molar-refractivity contribution is 7.22. The molecule has 266 valence electrons. The van der Waals surface area contributed by atoms with Crippen molar-refractivity contribution in [3.8, 4) is 17.1 Å². The van der Waals surface area contributed by atoms with E-state index in [0.717, 1.165) is 24.6 Å². The number of alkyl halides is 4. The van der Waals surface area contributed by atoms with Gasteiger partial charge in [0, 0.05) is 54.7 Å². The molecule has 2 aromatic carbocycles. The normalized spacial score (nSPS) is 24.4. The number of benzene rings is 2. The number of thiazole rings is 1. The van der Waals surface area contributed by atoms with Gasteiger partial charge in [-0.05, 0) is 51.4 Å². The number of hydrogen-bond donors (Lipinski definition) is 1. The van der Waals surface area contributed by atoms with Gasteiger partial charge in [-0.15, -0.1) is 0 Å². The smallest absolute Gasteiger partial charge is 0.417 e. The molecule has 2 aromatic heterocycles. The molecule has 1 amide bonds. The molecule has 0 bridgehead atoms. The molecule has 4 atom stereocenters. The van der Waals surface area contributed by atoms with Crippen LogP contribution in [0.15, 0.2) is 30.6 Å². The Hall–Kier alpha value is -4.25. The molecule has 3 aliphatic rings. The summed E-state index contributed by atoms with van der Waals surface area (Å²) in [5.74, 6) is -4.36. The number of anilines is 2. The van der Waals surface area contributed by atoms with E-state index in [2.05, 4.69) is 21.5 Å². The number of amides is 1. The maximum Gasteiger partial charge on any atom is 0.417 e. The number of fused-ring (bicyclic) bond motifs is 3. The molecule has 5 heterocycles. The van der Waals surface area contributed by atoms with Gasteiger partial charge >= 0.3 is 12.2 Å². The number of hydrogen-bond acceptors (Lipinski definition) is 9. The molecule has 0 aliphatic carbocycles. The van der Waals surface area contributed by atoms with Crippen molar-refractivity contribution in [2.75, 3.05) is 43.4 Å². The number of ether oxygens (including phenoxy) is 1. The highest BCUT2D eigenvalue weighted by Gasteiger charge is 2.49. The van der Waals surface area contributed by atoms with Crippen LogP contribution in [0.5, 0.6) is 6.01 Å². The number of nitrogen functional groups attached to an aromatic ring is 1. The molecule has 0 unspecified atom stereocenters. The van der Waals surface area contributed by atoms with Gasteiger partial charge in [0.15, 0.2) is 16.8 Å². The standard InChI is InChI=1S/C33H32F7N7O2S/c1-15-12-47(29(48)17(3)34)16(2)11-46(15)28-20-9-21(33(38,39)40)23(19-5-6-22(36)27-26(19)42-30(41)50-27)24(37)25(20)43-31(44-28)49-14-32-7-4-8-45(32)13-18(35)10-32/h5-6,9,15-16,18H,3-4,7-8,10-14H2,1-2H3,(H2,41,42)/t15-,16+,18+,32-/m0/s1. The van der Waals surface area contributed by atoms with E-state index in [1.54, 1.807) is 18.7 Å². The second-order valence-corrected chi connectivity index (χ2v) is 14.3. The molecule has 3 aliphatic heterocycles. The van der Waals surface area contributed by atoms with Crippen molar-refractivity contribution in [1.29, 1.82) is 0 Å². The lowest BCUT2D eigenvalue weighted by Crippen LogP contribution is -2.58. The van der Waals surface area contributed by atoms with E-state index in [9.17, 15) is 31.1 Å². The van der Waals surface area contributed by atoms with Crippen LogP contribution in [0.1, 0.15) is 38.7 Å². The maximum absolute atomic E-state index is 17.0. The van der Waals surface area contributed by atoms with Gasteiger partial charge in [0.2, 0.25) is 0 Å². The molecule has 0 radical (unpaired) electrons. The van der Waals surface area contributed by atoms with E-state index >= 15 is 4.39 Å². The van der Waals surface area contributed by atoms with Crippen LogP contribution >= 0.6 is 11.3 Å². The quantitative estimate of drug-likeness (QED) is 0.175. The molecule has 0 saturated carbocycles. The van der Waals surface area contributed by atoms with Crippen molar-refractivity contribution >= 4 is 49.3 Å². The van der Waals surface area contributed by atoms with Crippen LogP contribution < -0.4 is 15.4 Å². The van der Waals surface area contributed by atoms with Crippen LogP contribution in [0, 0.1) is 11.6 Å². The number of piperazine rings is 1. The average molecular weight is 724 g/mol. The summed E-state index contributed by atoms with van der Waals surface area (Å²) in [5, 5.41) is -0.428. The first-order chi connectivity index (χ1) is 23.6. The average Bonchev–Trinajstić information content (AvgIpc) is 3.72. The summed E-state index contributed by atoms with van der Waals surface area (Å²) in [6, 6.07) is 1.02. The summed E-state index contributed by atoms with van der Waals surface area (Å²) in [4.78, 5) is 30.2. The third-order valence-electron chi connectivity index (χ3n) is 9.96. The third-order valence-corrected chi connectivity index (χ3v) is 10.9. The highest BCUT2D eigenvalue weighted by Crippen LogP contribution is 2.47. The number of rotatable bonds is 6. The largest absolute Gasteiger partial charge is 0.461 e. The number of nitrogens with two attached hydrogens (primary N) is 1. The SMILES string of the molecule is C=C(F)C(=O)N1C[C@H](C)N(c2nc(OC[C@@]34CCCN3C[C@H](F)C4)nc3c(F)c(-c4ccc(F)c5sc(N)nc45)c(C(F)(F)F)cc23)C[C@H]1C. The van der Waals surface area contributed by atoms with Crippen LogP contribution in [0.3, 0.4) is 0 Å². The fourth-order valence-corrected chi connectivity index (χ4v) is 8.43. The number of aromatic nitrogens is 3. The molecule has 3 saturated heterocycles. The van der Waals surface area contributed by atoms with Crippen molar-refractivity contribution in [2.45, 2.75) is 63.1 Å². The molecule has 17 heteroatoms. The molecule has 2 N–H and O–H groups in total. The predicted octanol–water partition coefficient (Wildman–Crippen LogP) is 6.65. The van der Waals surface area contributed by atoms with Crippen molar-refractivity contribution in [1.82, 2.24) is 24.8 Å². The highest BCUT2D eigenvalue weighted by atomic mass is 32.1. The Morgan fingerprint density at radius 2 is 1.88 bits per heavy atom. The molecular weight excluding hydrogens is 691 g/mol. The molecule has 4 aromatic rings. The first kappa shape index (κ1) is 34.2. The second kappa shape index (κ2) is 12.2. The van der Waals surface area contributed by atoms with Crippen molar-refractivity contribution in [3.63, 3.8) is 0 Å². The summed E-state index contributed by atoms with van der Waals surface area (Å²) in [7, 11) is 0. The van der Waals surface area contributed by atoms with Gasteiger partial charge < -0.3 is 20.3 Å². The number of carbonyl (C=O) groups is 1. The van der Waals surface area contributed by atoms with Gasteiger partial charge in [0.05, 0.1) is 21.3 Å². The van der Waals surface area contributed by atoms with Crippen LogP contribution in [0.2, 0.25) is 0 Å². The minimum atomic E-state index is -5.11. The summed E-state index contributed by atoms with van der Waals surface area (Å²) in [6.45, 7) is 7.17. The Morgan fingerprint density at radius 3 is 2.60 bits per heavy atom. The van der Waals surface area contributed by atoms with Gasteiger partial charge in [-0.1, -0.05) is 17.9 Å². The second-order valence-electron chi connectivity index (χ2n) is 13.2. The van der Waals surface area contributed by atoms with E-state index in [0.29, 0.717) is 24.3 Å². The van der Waals surface area contributed by atoms with Crippen molar-refractivity contribution in [3.05, 3.63) is 47.8 Å². The zero-order valence-corrected chi connectivity index (χ0v) is 27.8. The zero-order valence-electron chi connectivity index (χ0n) is 27.0. The fraction of sp³-hybridized carbons (Fsp3) is 0.455. The Balaban J connectivity index is 1.42. The summed E-state index contributed by atoms with van der Waals surface area (Å²) >= 11 is 0.712. The Kier molecular flexibility index (Phi) is 8.36. The number of halogens is 7. The van der Waals surface area contributed by atoms with Gasteiger partial charge in [0.1, 0.15) is 29.9 Å². The minimum absolute atomic E-state index is 0.0195. The summed E-state index contributed by atoms with van der Waals surface area (Å²) in [5.41, 5.74) is 1.74. The Bertz CT molecular complexity index is 2040. The minimum Gasteiger partial charge on any atom is -0.461 e. The van der Waals surface area contributed by atoms with Crippen LogP contribution in [-0.2, 0) is 11.0 Å². The monoisotopic (exact) mass is 723 g/mol. The van der Waals surface area contributed by atoms with E-state index < -0.39 is 70.0 Å². The van der Waals surface area contributed by atoms with E-state index in [1.165, 1.54) is 4.90 Å².